The first-order chi connectivity index (χ1) is 13.4. The van der Waals surface area contributed by atoms with Crippen molar-refractivity contribution in [1.29, 1.82) is 0 Å². The lowest BCUT2D eigenvalue weighted by atomic mass is 9.84. The highest BCUT2D eigenvalue weighted by atomic mass is 16.5. The molecule has 0 aliphatic rings. The molecule has 0 saturated carbocycles. The van der Waals surface area contributed by atoms with Crippen molar-refractivity contribution in [2.75, 3.05) is 5.32 Å². The van der Waals surface area contributed by atoms with E-state index in [0.717, 1.165) is 4.73 Å². The average Bonchev–Trinajstić information content (AvgIpc) is 2.63. The zero-order valence-corrected chi connectivity index (χ0v) is 17.3. The van der Waals surface area contributed by atoms with Crippen molar-refractivity contribution in [3.05, 3.63) is 24.4 Å². The van der Waals surface area contributed by atoms with Gasteiger partial charge in [0.25, 0.3) is 5.91 Å². The van der Waals surface area contributed by atoms with E-state index < -0.39 is 41.2 Å². The second-order valence-corrected chi connectivity index (χ2v) is 8.38. The molecule has 0 spiro atoms. The second-order valence-electron chi connectivity index (χ2n) is 8.38. The number of pyridine rings is 1. The van der Waals surface area contributed by atoms with Crippen LogP contribution in [-0.2, 0) is 14.4 Å². The number of hydrogen-bond acceptors (Lipinski definition) is 6. The molecule has 1 rings (SSSR count). The number of rotatable bonds is 8. The van der Waals surface area contributed by atoms with Gasteiger partial charge in [0, 0.05) is 6.07 Å². The molecule has 3 amide bonds. The molecule has 6 N–H and O–H groups in total. The van der Waals surface area contributed by atoms with Crippen molar-refractivity contribution in [3.63, 3.8) is 0 Å². The van der Waals surface area contributed by atoms with Crippen molar-refractivity contribution < 1.29 is 34.6 Å². The van der Waals surface area contributed by atoms with Crippen molar-refractivity contribution in [1.82, 2.24) is 10.8 Å². The summed E-state index contributed by atoms with van der Waals surface area (Å²) in [7, 11) is 0. The second kappa shape index (κ2) is 10.2. The van der Waals surface area contributed by atoms with Crippen LogP contribution in [0.25, 0.3) is 0 Å². The predicted octanol–water partition coefficient (Wildman–Crippen LogP) is 0.209. The van der Waals surface area contributed by atoms with Crippen LogP contribution in [0.1, 0.15) is 41.0 Å². The van der Waals surface area contributed by atoms with Gasteiger partial charge in [-0.1, -0.05) is 45.4 Å². The lowest BCUT2D eigenvalue weighted by Gasteiger charge is -2.31. The van der Waals surface area contributed by atoms with Gasteiger partial charge in [-0.05, 0) is 23.8 Å². The highest BCUT2D eigenvalue weighted by Gasteiger charge is 2.40. The van der Waals surface area contributed by atoms with Gasteiger partial charge in [0.2, 0.25) is 5.91 Å². The summed E-state index contributed by atoms with van der Waals surface area (Å²) in [5.74, 6) is -3.47. The Labute approximate surface area is 169 Å². The molecule has 10 heteroatoms. The fourth-order valence-corrected chi connectivity index (χ4v) is 2.79. The predicted molar refractivity (Wildman–Crippen MR) is 103 cm³/mol. The SMILES string of the molecule is CC(C)C[C@@H](C(=O)NC(C(=O)Nc1cccc[n+]1O)C(C)(C)C)[C@H](O)C(=O)NO. The zero-order valence-electron chi connectivity index (χ0n) is 17.3. The number of hydroxylamine groups is 1. The standard InChI is InChI=1S/C19H30N4O6/c1-11(2)10-12(14(24)17(26)22-28)16(25)21-15(19(3,4)5)18(27)20-13-8-6-7-9-23(13)29/h6-9,11-12,14-15,24,29H,10H2,1-5H3,(H3,21,22,25,26,28)/p+1/t12-,14+,15?/m1/s1. The molecule has 162 valence electrons. The number of aliphatic hydroxyl groups is 1. The first-order valence-electron chi connectivity index (χ1n) is 9.31. The van der Waals surface area contributed by atoms with Crippen LogP contribution >= 0.6 is 0 Å². The lowest BCUT2D eigenvalue weighted by Crippen LogP contribution is -2.56. The van der Waals surface area contributed by atoms with Crippen LogP contribution in [0.3, 0.4) is 0 Å². The van der Waals surface area contributed by atoms with Gasteiger partial charge < -0.3 is 15.6 Å². The summed E-state index contributed by atoms with van der Waals surface area (Å²) >= 11 is 0. The summed E-state index contributed by atoms with van der Waals surface area (Å²) in [6.07, 6.45) is -0.281. The first-order valence-corrected chi connectivity index (χ1v) is 9.31. The van der Waals surface area contributed by atoms with Crippen molar-refractivity contribution in [2.45, 2.75) is 53.2 Å². The minimum absolute atomic E-state index is 0.0357. The van der Waals surface area contributed by atoms with Crippen LogP contribution in [0.2, 0.25) is 0 Å². The van der Waals surface area contributed by atoms with Gasteiger partial charge in [-0.25, -0.2) is 15.6 Å². The molecule has 29 heavy (non-hydrogen) atoms. The molecule has 0 aromatic carbocycles. The number of aliphatic hydroxyl groups excluding tert-OH is 1. The molecule has 3 atom stereocenters. The number of carbonyl (C=O) groups excluding carboxylic acids is 3. The first kappa shape index (κ1) is 24.3. The maximum absolute atomic E-state index is 12.9. The molecule has 0 bridgehead atoms. The summed E-state index contributed by atoms with van der Waals surface area (Å²) in [5.41, 5.74) is 0.619. The van der Waals surface area contributed by atoms with E-state index in [0.29, 0.717) is 0 Å². The Morgan fingerprint density at radius 1 is 1.10 bits per heavy atom. The van der Waals surface area contributed by atoms with Crippen LogP contribution in [0.5, 0.6) is 0 Å². The van der Waals surface area contributed by atoms with Crippen LogP contribution in [0.4, 0.5) is 5.82 Å². The van der Waals surface area contributed by atoms with Crippen molar-refractivity contribution in [3.8, 4) is 0 Å². The van der Waals surface area contributed by atoms with Crippen LogP contribution in [-0.4, -0.2) is 45.4 Å². The highest BCUT2D eigenvalue weighted by Crippen LogP contribution is 2.23. The van der Waals surface area contributed by atoms with E-state index in [1.807, 2.05) is 13.8 Å². The van der Waals surface area contributed by atoms with E-state index in [-0.39, 0.29) is 18.2 Å². The van der Waals surface area contributed by atoms with Crippen molar-refractivity contribution >= 4 is 23.5 Å². The fourth-order valence-electron chi connectivity index (χ4n) is 2.79. The Balaban J connectivity index is 3.08. The third-order valence-corrected chi connectivity index (χ3v) is 4.33. The fraction of sp³-hybridized carbons (Fsp3) is 0.579. The molecule has 0 radical (unpaired) electrons. The van der Waals surface area contributed by atoms with E-state index in [9.17, 15) is 24.7 Å². The van der Waals surface area contributed by atoms with Gasteiger partial charge in [-0.2, -0.15) is 0 Å². The summed E-state index contributed by atoms with van der Waals surface area (Å²) in [5, 5.41) is 33.9. The Bertz CT molecular complexity index is 732. The quantitative estimate of drug-likeness (QED) is 0.156. The van der Waals surface area contributed by atoms with Gasteiger partial charge in [-0.3, -0.25) is 14.8 Å². The highest BCUT2D eigenvalue weighted by molar-refractivity contribution is 5.98. The molecule has 1 aromatic heterocycles. The van der Waals surface area contributed by atoms with Gasteiger partial charge in [0.15, 0.2) is 0 Å². The molecule has 0 fully saturated rings. The normalized spacial score (nSPS) is 14.6. The molecule has 1 heterocycles. The molecule has 10 nitrogen and oxygen atoms in total. The van der Waals surface area contributed by atoms with Crippen LogP contribution in [0, 0.1) is 17.3 Å². The number of amides is 3. The lowest BCUT2D eigenvalue weighted by molar-refractivity contribution is -0.893. The number of nitrogens with one attached hydrogen (secondary N) is 3. The van der Waals surface area contributed by atoms with Crippen LogP contribution in [0.15, 0.2) is 24.4 Å². The van der Waals surface area contributed by atoms with Gasteiger partial charge in [-0.15, -0.1) is 0 Å². The minimum Gasteiger partial charge on any atom is -0.382 e. The monoisotopic (exact) mass is 411 g/mol. The smallest absolute Gasteiger partial charge is 0.330 e. The van der Waals surface area contributed by atoms with E-state index in [2.05, 4.69) is 10.6 Å². The summed E-state index contributed by atoms with van der Waals surface area (Å²) < 4.78 is 0.732. The molecule has 0 saturated heterocycles. The minimum atomic E-state index is -1.78. The Morgan fingerprint density at radius 3 is 2.21 bits per heavy atom. The third kappa shape index (κ3) is 6.99. The molecular weight excluding hydrogens is 380 g/mol. The van der Waals surface area contributed by atoms with Gasteiger partial charge in [0.05, 0.1) is 5.92 Å². The Morgan fingerprint density at radius 2 is 1.72 bits per heavy atom. The number of nitrogens with zero attached hydrogens (tertiary/aromatic N) is 1. The third-order valence-electron chi connectivity index (χ3n) is 4.33. The molecule has 1 unspecified atom stereocenters. The molecular formula is C19H31N4O6+. The summed E-state index contributed by atoms with van der Waals surface area (Å²) in [4.78, 5) is 37.3. The Hall–Kier alpha value is -2.72. The van der Waals surface area contributed by atoms with Gasteiger partial charge in [0.1, 0.15) is 18.3 Å². The van der Waals surface area contributed by atoms with E-state index in [4.69, 9.17) is 5.21 Å². The average molecular weight is 411 g/mol. The maximum atomic E-state index is 12.9. The van der Waals surface area contributed by atoms with Crippen molar-refractivity contribution in [2.24, 2.45) is 17.3 Å². The van der Waals surface area contributed by atoms with E-state index in [1.165, 1.54) is 17.7 Å². The van der Waals surface area contributed by atoms with E-state index in [1.54, 1.807) is 32.9 Å². The molecule has 0 aliphatic carbocycles. The van der Waals surface area contributed by atoms with Gasteiger partial charge >= 0.3 is 11.7 Å². The largest absolute Gasteiger partial charge is 0.382 e. The summed E-state index contributed by atoms with van der Waals surface area (Å²) in [6, 6.07) is 3.64. The maximum Gasteiger partial charge on any atom is 0.330 e. The topological polar surface area (TPSA) is 152 Å². The molecule has 1 aromatic rings. The summed E-state index contributed by atoms with van der Waals surface area (Å²) in [6.45, 7) is 8.85. The number of hydrogen-bond donors (Lipinski definition) is 6. The molecule has 0 aliphatic heterocycles. The van der Waals surface area contributed by atoms with Crippen LogP contribution < -0.4 is 20.8 Å². The number of anilines is 1. The zero-order chi connectivity index (χ0) is 22.4. The number of carbonyl (C=O) groups is 3. The Kier molecular flexibility index (Phi) is 8.53. The van der Waals surface area contributed by atoms with E-state index >= 15 is 0 Å². The number of aromatic nitrogens is 1.